The van der Waals surface area contributed by atoms with Gasteiger partial charge < -0.3 is 0 Å². The van der Waals surface area contributed by atoms with Gasteiger partial charge in [0.2, 0.25) is 0 Å². The van der Waals surface area contributed by atoms with Crippen molar-refractivity contribution in [3.63, 3.8) is 0 Å². The highest BCUT2D eigenvalue weighted by atomic mass is 35.6. The number of hydrogen-bond donors (Lipinski definition) is 0. The minimum atomic E-state index is -0.412. The van der Waals surface area contributed by atoms with Gasteiger partial charge in [-0.1, -0.05) is 0 Å². The van der Waals surface area contributed by atoms with Crippen molar-refractivity contribution in [1.29, 1.82) is 0 Å². The van der Waals surface area contributed by atoms with Gasteiger partial charge in [-0.15, -0.1) is 0 Å². The van der Waals surface area contributed by atoms with Gasteiger partial charge in [-0.3, -0.25) is 0 Å². The van der Waals surface area contributed by atoms with Crippen molar-refractivity contribution in [1.82, 2.24) is 0 Å². The molecular formula is C4H8Cl2Si2. The van der Waals surface area contributed by atoms with Crippen molar-refractivity contribution < 1.29 is 0 Å². The van der Waals surface area contributed by atoms with E-state index in [2.05, 4.69) is 0 Å². The Kier molecular flexibility index (Phi) is 2.89. The van der Waals surface area contributed by atoms with E-state index in [1.807, 2.05) is 0 Å². The molecule has 0 amide bonds. The second-order valence-electron chi connectivity index (χ2n) is 2.03. The molecule has 0 aromatic rings. The van der Waals surface area contributed by atoms with Gasteiger partial charge in [-0.05, 0) is 24.2 Å². The summed E-state index contributed by atoms with van der Waals surface area (Å²) in [6, 6.07) is 5.02. The van der Waals surface area contributed by atoms with Gasteiger partial charge in [0.1, 0.15) is 0 Å². The first-order valence-corrected chi connectivity index (χ1v) is 8.64. The van der Waals surface area contributed by atoms with E-state index in [1.165, 1.54) is 24.2 Å². The predicted octanol–water partition coefficient (Wildman–Crippen LogP) is 2.46. The van der Waals surface area contributed by atoms with Gasteiger partial charge in [-0.25, -0.2) is 0 Å². The lowest BCUT2D eigenvalue weighted by atomic mass is 10.9. The average molecular weight is 183 g/mol. The number of halogens is 2. The van der Waals surface area contributed by atoms with Crippen LogP contribution in [0.1, 0.15) is 0 Å². The summed E-state index contributed by atoms with van der Waals surface area (Å²) in [6.07, 6.45) is 0. The summed E-state index contributed by atoms with van der Waals surface area (Å²) in [6.45, 7) is 0. The second-order valence-corrected chi connectivity index (χ2v) is 9.31. The second kappa shape index (κ2) is 3.25. The summed E-state index contributed by atoms with van der Waals surface area (Å²) in [7, 11) is -0.825. The monoisotopic (exact) mass is 182 g/mol. The summed E-state index contributed by atoms with van der Waals surface area (Å²) in [5.74, 6) is 0. The van der Waals surface area contributed by atoms with E-state index >= 15 is 0 Å². The average Bonchev–Trinajstić information content (AvgIpc) is 1.77. The summed E-state index contributed by atoms with van der Waals surface area (Å²) < 4.78 is 0. The van der Waals surface area contributed by atoms with Gasteiger partial charge in [0, 0.05) is 0 Å². The fraction of sp³-hybridized carbons (Fsp3) is 1.00. The van der Waals surface area contributed by atoms with Gasteiger partial charge in [0.05, 0.1) is 0 Å². The molecule has 46 valence electrons. The fourth-order valence-corrected chi connectivity index (χ4v) is 9.03. The molecular weight excluding hydrogens is 175 g/mol. The lowest BCUT2D eigenvalue weighted by Gasteiger charge is -2.15. The Labute approximate surface area is 62.8 Å². The van der Waals surface area contributed by atoms with Crippen molar-refractivity contribution in [2.45, 2.75) is 24.2 Å². The van der Waals surface area contributed by atoms with E-state index in [0.717, 1.165) is 0 Å². The Bertz CT molecular complexity index is 60.4. The molecule has 8 heavy (non-hydrogen) atoms. The maximum Gasteiger partial charge on any atom is 0.164 e. The van der Waals surface area contributed by atoms with Crippen LogP contribution in [0.5, 0.6) is 0 Å². The molecule has 0 spiro atoms. The minimum absolute atomic E-state index is 0.412. The van der Waals surface area contributed by atoms with Crippen LogP contribution in [0, 0.1) is 0 Å². The molecule has 1 fully saturated rings. The van der Waals surface area contributed by atoms with E-state index in [0.29, 0.717) is 0 Å². The molecule has 0 nitrogen and oxygen atoms in total. The molecule has 0 aromatic heterocycles. The molecule has 0 unspecified atom stereocenters. The molecule has 0 N–H and O–H groups in total. The van der Waals surface area contributed by atoms with Crippen molar-refractivity contribution in [2.75, 3.05) is 0 Å². The van der Waals surface area contributed by atoms with Crippen LogP contribution in [-0.2, 0) is 0 Å². The zero-order valence-corrected chi connectivity index (χ0v) is 8.10. The van der Waals surface area contributed by atoms with Crippen LogP contribution in [0.4, 0.5) is 0 Å². The van der Waals surface area contributed by atoms with Crippen LogP contribution < -0.4 is 0 Å². The van der Waals surface area contributed by atoms with Crippen LogP contribution in [0.2, 0.25) is 24.2 Å². The quantitative estimate of drug-likeness (QED) is 0.399. The van der Waals surface area contributed by atoms with Crippen molar-refractivity contribution >= 4 is 38.4 Å². The smallest absolute Gasteiger partial charge is 0.164 e. The molecule has 0 aliphatic carbocycles. The Morgan fingerprint density at radius 2 is 1.00 bits per heavy atom. The lowest BCUT2D eigenvalue weighted by Crippen LogP contribution is -2.17. The normalized spacial score (nSPS) is 26.2. The largest absolute Gasteiger partial charge is 0.169 e. The van der Waals surface area contributed by atoms with Crippen LogP contribution in [-0.4, -0.2) is 16.2 Å². The lowest BCUT2D eigenvalue weighted by molar-refractivity contribution is 1.23. The minimum Gasteiger partial charge on any atom is -0.169 e. The highest BCUT2D eigenvalue weighted by Gasteiger charge is 2.20. The molecule has 1 aliphatic rings. The van der Waals surface area contributed by atoms with E-state index in [4.69, 9.17) is 22.2 Å². The Hall–Kier alpha value is 1.01. The molecule has 0 saturated carbocycles. The van der Waals surface area contributed by atoms with E-state index in [9.17, 15) is 0 Å². The Morgan fingerprint density at radius 1 is 0.750 bits per heavy atom. The number of rotatable bonds is 0. The first-order valence-electron chi connectivity index (χ1n) is 2.79. The third-order valence-electron chi connectivity index (χ3n) is 1.34. The summed E-state index contributed by atoms with van der Waals surface area (Å²) in [5, 5.41) is 0. The first-order chi connectivity index (χ1) is 3.79. The van der Waals surface area contributed by atoms with Gasteiger partial charge in [0.15, 0.2) is 16.2 Å². The zero-order chi connectivity index (χ0) is 5.98. The van der Waals surface area contributed by atoms with Gasteiger partial charge >= 0.3 is 0 Å². The Balaban J connectivity index is 2.19. The standard InChI is InChI=1S/C4H8Cl2Si2/c5-7-1-2-8(6)4-3-7/h1-4H2. The van der Waals surface area contributed by atoms with Gasteiger partial charge in [-0.2, -0.15) is 22.2 Å². The molecule has 1 aliphatic heterocycles. The Morgan fingerprint density at radius 3 is 1.25 bits per heavy atom. The topological polar surface area (TPSA) is 0 Å². The van der Waals surface area contributed by atoms with E-state index in [1.54, 1.807) is 0 Å². The molecule has 1 saturated heterocycles. The molecule has 2 radical (unpaired) electrons. The first kappa shape index (κ1) is 7.12. The van der Waals surface area contributed by atoms with Crippen LogP contribution >= 0.6 is 22.2 Å². The summed E-state index contributed by atoms with van der Waals surface area (Å²) >= 11 is 11.9. The van der Waals surface area contributed by atoms with E-state index in [-0.39, 0.29) is 0 Å². The van der Waals surface area contributed by atoms with Crippen molar-refractivity contribution in [2.24, 2.45) is 0 Å². The molecule has 0 aromatic carbocycles. The fourth-order valence-electron chi connectivity index (χ4n) is 0.793. The molecule has 1 rings (SSSR count). The van der Waals surface area contributed by atoms with Crippen LogP contribution in [0.25, 0.3) is 0 Å². The van der Waals surface area contributed by atoms with Crippen LogP contribution in [0.15, 0.2) is 0 Å². The predicted molar refractivity (Wildman–Crippen MR) is 42.4 cm³/mol. The summed E-state index contributed by atoms with van der Waals surface area (Å²) in [5.41, 5.74) is 0. The van der Waals surface area contributed by atoms with E-state index < -0.39 is 16.2 Å². The molecule has 4 heteroatoms. The number of hydrogen-bond acceptors (Lipinski definition) is 0. The third-order valence-corrected chi connectivity index (χ3v) is 7.77. The molecule has 0 bridgehead atoms. The molecule has 1 heterocycles. The SMILES string of the molecule is Cl[Si]1CC[Si](Cl)CC1. The maximum absolute atomic E-state index is 5.94. The van der Waals surface area contributed by atoms with Crippen molar-refractivity contribution in [3.8, 4) is 0 Å². The molecule has 0 atom stereocenters. The maximum atomic E-state index is 5.94. The van der Waals surface area contributed by atoms with Crippen molar-refractivity contribution in [3.05, 3.63) is 0 Å². The zero-order valence-electron chi connectivity index (χ0n) is 4.58. The highest BCUT2D eigenvalue weighted by molar-refractivity contribution is 7.13. The highest BCUT2D eigenvalue weighted by Crippen LogP contribution is 2.24. The van der Waals surface area contributed by atoms with Gasteiger partial charge in [0.25, 0.3) is 0 Å². The summed E-state index contributed by atoms with van der Waals surface area (Å²) in [4.78, 5) is 0. The van der Waals surface area contributed by atoms with Crippen LogP contribution in [0.3, 0.4) is 0 Å². The third kappa shape index (κ3) is 2.09.